The molecule has 0 saturated heterocycles. The minimum Gasteiger partial charge on any atom is -0.497 e. The molecule has 1 aromatic carbocycles. The zero-order valence-electron chi connectivity index (χ0n) is 12.2. The zero-order chi connectivity index (χ0) is 14.8. The number of aryl methyl sites for hydroxylation is 1. The number of hydrogen-bond acceptors (Lipinski definition) is 4. The van der Waals surface area contributed by atoms with Gasteiger partial charge in [0, 0.05) is 35.8 Å². The Bertz CT molecular complexity index is 779. The molecule has 2 aromatic heterocycles. The minimum absolute atomic E-state index is 0.548. The fraction of sp³-hybridized carbons (Fsp3) is 0.250. The molecule has 3 aromatic rings. The number of aromatic nitrogens is 3. The van der Waals surface area contributed by atoms with E-state index in [1.807, 2.05) is 30.6 Å². The number of nitrogen functional groups attached to an aromatic ring is 1. The van der Waals surface area contributed by atoms with Crippen LogP contribution in [0.1, 0.15) is 18.3 Å². The molecule has 108 valence electrons. The highest BCUT2D eigenvalue weighted by atomic mass is 16.5. The van der Waals surface area contributed by atoms with Crippen molar-refractivity contribution in [2.24, 2.45) is 0 Å². The first kappa shape index (κ1) is 13.4. The van der Waals surface area contributed by atoms with Crippen molar-refractivity contribution in [3.05, 3.63) is 48.0 Å². The highest BCUT2D eigenvalue weighted by Gasteiger charge is 2.08. The number of imidazole rings is 1. The maximum absolute atomic E-state index is 6.10. The molecule has 0 aliphatic rings. The van der Waals surface area contributed by atoms with Crippen molar-refractivity contribution in [3.8, 4) is 5.75 Å². The monoisotopic (exact) mass is 282 g/mol. The lowest BCUT2D eigenvalue weighted by Gasteiger charge is -2.10. The highest BCUT2D eigenvalue weighted by Crippen LogP contribution is 2.23. The number of pyridine rings is 1. The SMILES string of the molecule is CCc1nccn1Cc1cc2ccc(OC)cc2nc1N. The minimum atomic E-state index is 0.548. The molecule has 0 bridgehead atoms. The van der Waals surface area contributed by atoms with Crippen LogP contribution in [0.3, 0.4) is 0 Å². The molecule has 0 amide bonds. The largest absolute Gasteiger partial charge is 0.497 e. The van der Waals surface area contributed by atoms with Crippen LogP contribution in [0.25, 0.3) is 10.9 Å². The maximum atomic E-state index is 6.10. The van der Waals surface area contributed by atoms with Gasteiger partial charge in [0.25, 0.3) is 0 Å². The predicted molar refractivity (Wildman–Crippen MR) is 83.4 cm³/mol. The molecule has 0 atom stereocenters. The molecule has 2 N–H and O–H groups in total. The summed E-state index contributed by atoms with van der Waals surface area (Å²) in [4.78, 5) is 8.82. The van der Waals surface area contributed by atoms with Crippen LogP contribution in [-0.4, -0.2) is 21.6 Å². The highest BCUT2D eigenvalue weighted by molar-refractivity contribution is 5.82. The summed E-state index contributed by atoms with van der Waals surface area (Å²) < 4.78 is 7.31. The van der Waals surface area contributed by atoms with E-state index < -0.39 is 0 Å². The number of anilines is 1. The second-order valence-corrected chi connectivity index (χ2v) is 4.92. The van der Waals surface area contributed by atoms with Gasteiger partial charge in [0.2, 0.25) is 0 Å². The number of ether oxygens (including phenoxy) is 1. The summed E-state index contributed by atoms with van der Waals surface area (Å²) >= 11 is 0. The third-order valence-electron chi connectivity index (χ3n) is 3.60. The first-order valence-electron chi connectivity index (χ1n) is 6.94. The molecule has 0 saturated carbocycles. The van der Waals surface area contributed by atoms with Crippen LogP contribution in [0.2, 0.25) is 0 Å². The molecule has 0 fully saturated rings. The van der Waals surface area contributed by atoms with Crippen LogP contribution < -0.4 is 10.5 Å². The van der Waals surface area contributed by atoms with Gasteiger partial charge >= 0.3 is 0 Å². The summed E-state index contributed by atoms with van der Waals surface area (Å²) in [5, 5.41) is 1.05. The van der Waals surface area contributed by atoms with Gasteiger partial charge < -0.3 is 15.0 Å². The lowest BCUT2D eigenvalue weighted by molar-refractivity contribution is 0.415. The van der Waals surface area contributed by atoms with Gasteiger partial charge in [0.15, 0.2) is 0 Å². The quantitative estimate of drug-likeness (QED) is 0.799. The third kappa shape index (κ3) is 2.54. The van der Waals surface area contributed by atoms with Crippen LogP contribution in [0, 0.1) is 0 Å². The van der Waals surface area contributed by atoms with E-state index in [1.54, 1.807) is 7.11 Å². The summed E-state index contributed by atoms with van der Waals surface area (Å²) in [6, 6.07) is 7.90. The molecule has 21 heavy (non-hydrogen) atoms. The Morgan fingerprint density at radius 3 is 2.90 bits per heavy atom. The van der Waals surface area contributed by atoms with Gasteiger partial charge in [-0.3, -0.25) is 0 Å². The van der Waals surface area contributed by atoms with E-state index >= 15 is 0 Å². The van der Waals surface area contributed by atoms with Crippen molar-refractivity contribution in [1.82, 2.24) is 14.5 Å². The topological polar surface area (TPSA) is 66.0 Å². The Hall–Kier alpha value is -2.56. The van der Waals surface area contributed by atoms with Gasteiger partial charge in [0.05, 0.1) is 19.2 Å². The molecule has 0 aliphatic heterocycles. The number of nitrogens with two attached hydrogens (primary N) is 1. The smallest absolute Gasteiger partial charge is 0.129 e. The van der Waals surface area contributed by atoms with E-state index in [4.69, 9.17) is 10.5 Å². The Labute approximate surface area is 123 Å². The van der Waals surface area contributed by atoms with Crippen LogP contribution in [-0.2, 0) is 13.0 Å². The average molecular weight is 282 g/mol. The predicted octanol–water partition coefficient (Wildman–Crippen LogP) is 2.63. The van der Waals surface area contributed by atoms with Gasteiger partial charge in [-0.15, -0.1) is 0 Å². The van der Waals surface area contributed by atoms with E-state index in [0.717, 1.165) is 34.5 Å². The van der Waals surface area contributed by atoms with E-state index in [-0.39, 0.29) is 0 Å². The molecule has 5 heteroatoms. The number of hydrogen-bond donors (Lipinski definition) is 1. The Morgan fingerprint density at radius 2 is 2.14 bits per heavy atom. The van der Waals surface area contributed by atoms with Gasteiger partial charge in [-0.1, -0.05) is 6.92 Å². The van der Waals surface area contributed by atoms with Crippen molar-refractivity contribution >= 4 is 16.7 Å². The molecule has 0 unspecified atom stereocenters. The first-order chi connectivity index (χ1) is 10.2. The molecule has 5 nitrogen and oxygen atoms in total. The molecule has 0 aliphatic carbocycles. The van der Waals surface area contributed by atoms with Gasteiger partial charge in [-0.25, -0.2) is 9.97 Å². The second-order valence-electron chi connectivity index (χ2n) is 4.92. The van der Waals surface area contributed by atoms with Crippen LogP contribution >= 0.6 is 0 Å². The fourth-order valence-electron chi connectivity index (χ4n) is 2.44. The van der Waals surface area contributed by atoms with Crippen molar-refractivity contribution in [3.63, 3.8) is 0 Å². The molecule has 0 radical (unpaired) electrons. The molecule has 0 spiro atoms. The van der Waals surface area contributed by atoms with Crippen LogP contribution in [0.15, 0.2) is 36.7 Å². The summed E-state index contributed by atoms with van der Waals surface area (Å²) in [7, 11) is 1.64. The first-order valence-corrected chi connectivity index (χ1v) is 6.94. The van der Waals surface area contributed by atoms with Gasteiger partial charge in [0.1, 0.15) is 17.4 Å². The standard InChI is InChI=1S/C16H18N4O/c1-3-15-18-6-7-20(15)10-12-8-11-4-5-13(21-2)9-14(11)19-16(12)17/h4-9H,3,10H2,1-2H3,(H2,17,19). The second kappa shape index (κ2) is 5.44. The molecule has 3 rings (SSSR count). The number of nitrogens with zero attached hydrogens (tertiary/aromatic N) is 3. The van der Waals surface area contributed by atoms with Crippen molar-refractivity contribution < 1.29 is 4.74 Å². The van der Waals surface area contributed by atoms with E-state index in [0.29, 0.717) is 12.4 Å². The van der Waals surface area contributed by atoms with Gasteiger partial charge in [-0.05, 0) is 18.2 Å². The summed E-state index contributed by atoms with van der Waals surface area (Å²) in [6.45, 7) is 2.77. The average Bonchev–Trinajstić information content (AvgIpc) is 2.94. The lowest BCUT2D eigenvalue weighted by Crippen LogP contribution is -2.07. The van der Waals surface area contributed by atoms with Crippen LogP contribution in [0.4, 0.5) is 5.82 Å². The zero-order valence-corrected chi connectivity index (χ0v) is 12.2. The van der Waals surface area contributed by atoms with E-state index in [2.05, 4.69) is 27.5 Å². The number of benzene rings is 1. The maximum Gasteiger partial charge on any atom is 0.129 e. The summed E-state index contributed by atoms with van der Waals surface area (Å²) in [5.41, 5.74) is 7.95. The summed E-state index contributed by atoms with van der Waals surface area (Å²) in [5.74, 6) is 2.38. The fourth-order valence-corrected chi connectivity index (χ4v) is 2.44. The lowest BCUT2D eigenvalue weighted by atomic mass is 10.1. The van der Waals surface area contributed by atoms with Crippen molar-refractivity contribution in [2.45, 2.75) is 19.9 Å². The summed E-state index contributed by atoms with van der Waals surface area (Å²) in [6.07, 6.45) is 4.68. The Balaban J connectivity index is 2.01. The third-order valence-corrected chi connectivity index (χ3v) is 3.60. The van der Waals surface area contributed by atoms with Crippen LogP contribution in [0.5, 0.6) is 5.75 Å². The van der Waals surface area contributed by atoms with E-state index in [1.165, 1.54) is 0 Å². The van der Waals surface area contributed by atoms with Crippen molar-refractivity contribution in [1.29, 1.82) is 0 Å². The van der Waals surface area contributed by atoms with E-state index in [9.17, 15) is 0 Å². The normalized spacial score (nSPS) is 11.0. The Morgan fingerprint density at radius 1 is 1.29 bits per heavy atom. The van der Waals surface area contributed by atoms with Crippen molar-refractivity contribution in [2.75, 3.05) is 12.8 Å². The number of rotatable bonds is 4. The molecule has 2 heterocycles. The molecular formula is C16H18N4O. The number of methoxy groups -OCH3 is 1. The molecular weight excluding hydrogens is 264 g/mol. The van der Waals surface area contributed by atoms with Gasteiger partial charge in [-0.2, -0.15) is 0 Å². The number of fused-ring (bicyclic) bond motifs is 1. The Kier molecular flexibility index (Phi) is 3.48.